The van der Waals surface area contributed by atoms with E-state index in [-0.39, 0.29) is 33.8 Å². The summed E-state index contributed by atoms with van der Waals surface area (Å²) in [5.74, 6) is -1.59. The molecule has 0 saturated carbocycles. The Morgan fingerprint density at radius 1 is 0.862 bits per heavy atom. The molecule has 1 saturated heterocycles. The molecule has 2 aliphatic rings. The average Bonchev–Trinajstić information content (AvgIpc) is 2.72. The number of aliphatic hydroxyl groups is 4. The molecular formula is C20H18O9. The van der Waals surface area contributed by atoms with Crippen molar-refractivity contribution in [2.45, 2.75) is 30.7 Å². The Balaban J connectivity index is 1.74. The van der Waals surface area contributed by atoms with E-state index in [1.807, 2.05) is 0 Å². The highest BCUT2D eigenvalue weighted by Gasteiger charge is 2.45. The number of ether oxygens (including phenoxy) is 2. The summed E-state index contributed by atoms with van der Waals surface area (Å²) in [6, 6.07) is 8.45. The number of hydrogen-bond acceptors (Lipinski definition) is 9. The van der Waals surface area contributed by atoms with Crippen molar-refractivity contribution in [3.63, 3.8) is 0 Å². The molecule has 0 spiro atoms. The van der Waals surface area contributed by atoms with E-state index < -0.39 is 48.9 Å². The Morgan fingerprint density at radius 3 is 2.21 bits per heavy atom. The SMILES string of the molecule is O=C1c2cccc(O)c2C(=O)c2c(O[C@H]3O[C@@H](CO)[C@@H](O)[C@@H](O)[C@H]3O)cccc21. The fourth-order valence-corrected chi connectivity index (χ4v) is 3.58. The molecule has 152 valence electrons. The molecule has 5 N–H and O–H groups in total. The molecule has 29 heavy (non-hydrogen) atoms. The van der Waals surface area contributed by atoms with Crippen LogP contribution < -0.4 is 4.74 Å². The van der Waals surface area contributed by atoms with E-state index in [9.17, 15) is 35.1 Å². The molecule has 9 nitrogen and oxygen atoms in total. The Labute approximate surface area is 164 Å². The van der Waals surface area contributed by atoms with Crippen LogP contribution >= 0.6 is 0 Å². The molecule has 4 rings (SSSR count). The molecule has 0 amide bonds. The van der Waals surface area contributed by atoms with Crippen molar-refractivity contribution >= 4 is 11.6 Å². The van der Waals surface area contributed by atoms with Crippen molar-refractivity contribution in [1.29, 1.82) is 0 Å². The molecule has 0 unspecified atom stereocenters. The van der Waals surface area contributed by atoms with Crippen LogP contribution in [0.5, 0.6) is 11.5 Å². The zero-order valence-corrected chi connectivity index (χ0v) is 14.9. The standard InChI is InChI=1S/C20H18O9/c21-7-12-16(24)18(26)19(27)20(29-12)28-11-6-2-4-9-14(11)17(25)13-8(15(9)23)3-1-5-10(13)22/h1-6,12,16,18-22,24,26-27H,7H2/t12-,16+,18+,19+,20-/m0/s1. The van der Waals surface area contributed by atoms with Crippen molar-refractivity contribution < 1.29 is 44.6 Å². The van der Waals surface area contributed by atoms with Crippen LogP contribution in [0.1, 0.15) is 31.8 Å². The zero-order chi connectivity index (χ0) is 20.9. The molecule has 1 aliphatic carbocycles. The number of phenols is 1. The molecule has 2 aromatic rings. The highest BCUT2D eigenvalue weighted by molar-refractivity contribution is 6.30. The van der Waals surface area contributed by atoms with Crippen LogP contribution in [0.15, 0.2) is 36.4 Å². The lowest BCUT2D eigenvalue weighted by Gasteiger charge is -2.39. The van der Waals surface area contributed by atoms with Crippen LogP contribution in [0.25, 0.3) is 0 Å². The van der Waals surface area contributed by atoms with Crippen LogP contribution in [-0.2, 0) is 4.74 Å². The fourth-order valence-electron chi connectivity index (χ4n) is 3.58. The minimum atomic E-state index is -1.68. The van der Waals surface area contributed by atoms with Crippen molar-refractivity contribution in [3.8, 4) is 11.5 Å². The monoisotopic (exact) mass is 402 g/mol. The smallest absolute Gasteiger partial charge is 0.229 e. The summed E-state index contributed by atoms with van der Waals surface area (Å²) in [4.78, 5) is 25.8. The van der Waals surface area contributed by atoms with E-state index in [2.05, 4.69) is 0 Å². The van der Waals surface area contributed by atoms with Gasteiger partial charge in [0.2, 0.25) is 12.1 Å². The number of carbonyl (C=O) groups is 2. The Morgan fingerprint density at radius 2 is 1.52 bits per heavy atom. The number of fused-ring (bicyclic) bond motifs is 2. The third kappa shape index (κ3) is 3.00. The van der Waals surface area contributed by atoms with E-state index >= 15 is 0 Å². The van der Waals surface area contributed by atoms with Gasteiger partial charge >= 0.3 is 0 Å². The van der Waals surface area contributed by atoms with Gasteiger partial charge in [0.25, 0.3) is 0 Å². The summed E-state index contributed by atoms with van der Waals surface area (Å²) in [5, 5.41) is 49.4. The van der Waals surface area contributed by atoms with Crippen LogP contribution in [0, 0.1) is 0 Å². The van der Waals surface area contributed by atoms with Gasteiger partial charge in [-0.2, -0.15) is 0 Å². The zero-order valence-electron chi connectivity index (χ0n) is 14.9. The number of carbonyl (C=O) groups excluding carboxylic acids is 2. The van der Waals surface area contributed by atoms with Gasteiger partial charge in [-0.05, 0) is 12.1 Å². The first-order chi connectivity index (χ1) is 13.8. The lowest BCUT2D eigenvalue weighted by Crippen LogP contribution is -2.60. The minimum absolute atomic E-state index is 0.0511. The lowest BCUT2D eigenvalue weighted by atomic mass is 9.83. The maximum atomic E-state index is 13.0. The molecule has 5 atom stereocenters. The highest BCUT2D eigenvalue weighted by Crippen LogP contribution is 2.37. The van der Waals surface area contributed by atoms with Crippen molar-refractivity contribution in [2.24, 2.45) is 0 Å². The summed E-state index contributed by atoms with van der Waals surface area (Å²) in [6.45, 7) is -0.642. The topological polar surface area (TPSA) is 154 Å². The summed E-state index contributed by atoms with van der Waals surface area (Å²) >= 11 is 0. The Hall–Kier alpha value is -2.82. The predicted octanol–water partition coefficient (Wildman–Crippen LogP) is -0.654. The first-order valence-electron chi connectivity index (χ1n) is 8.86. The van der Waals surface area contributed by atoms with Crippen molar-refractivity contribution in [3.05, 3.63) is 58.7 Å². The highest BCUT2D eigenvalue weighted by atomic mass is 16.7. The predicted molar refractivity (Wildman–Crippen MR) is 95.8 cm³/mol. The van der Waals surface area contributed by atoms with Gasteiger partial charge in [0, 0.05) is 11.1 Å². The second kappa shape index (κ2) is 7.21. The molecule has 0 bridgehead atoms. The number of ketones is 2. The van der Waals surface area contributed by atoms with Gasteiger partial charge in [-0.3, -0.25) is 9.59 Å². The molecule has 1 fully saturated rings. The number of rotatable bonds is 3. The molecule has 1 heterocycles. The normalized spacial score (nSPS) is 28.6. The second-order valence-corrected chi connectivity index (χ2v) is 6.85. The maximum Gasteiger partial charge on any atom is 0.229 e. The Kier molecular flexibility index (Phi) is 4.85. The molecular weight excluding hydrogens is 384 g/mol. The molecule has 0 aromatic heterocycles. The summed E-state index contributed by atoms with van der Waals surface area (Å²) in [5.41, 5.74) is -0.166. The van der Waals surface area contributed by atoms with Gasteiger partial charge in [-0.1, -0.05) is 24.3 Å². The minimum Gasteiger partial charge on any atom is -0.507 e. The number of benzene rings is 2. The van der Waals surface area contributed by atoms with Crippen LogP contribution in [0.4, 0.5) is 0 Å². The van der Waals surface area contributed by atoms with Gasteiger partial charge in [-0.25, -0.2) is 0 Å². The van der Waals surface area contributed by atoms with Gasteiger partial charge < -0.3 is 35.0 Å². The summed E-state index contributed by atoms with van der Waals surface area (Å²) in [7, 11) is 0. The van der Waals surface area contributed by atoms with E-state index in [1.165, 1.54) is 36.4 Å². The first-order valence-corrected chi connectivity index (χ1v) is 8.86. The van der Waals surface area contributed by atoms with Gasteiger partial charge in [0.1, 0.15) is 35.9 Å². The number of aliphatic hydroxyl groups excluding tert-OH is 4. The van der Waals surface area contributed by atoms with Crippen LogP contribution in [-0.4, -0.2) is 74.4 Å². The summed E-state index contributed by atoms with van der Waals surface area (Å²) in [6.07, 6.45) is -7.62. The quantitative estimate of drug-likeness (QED) is 0.384. The van der Waals surface area contributed by atoms with Gasteiger partial charge in [0.15, 0.2) is 5.78 Å². The summed E-state index contributed by atoms with van der Waals surface area (Å²) < 4.78 is 10.9. The number of phenolic OH excluding ortho intramolecular Hbond substituents is 1. The van der Waals surface area contributed by atoms with Crippen LogP contribution in [0.3, 0.4) is 0 Å². The van der Waals surface area contributed by atoms with E-state index in [0.29, 0.717) is 0 Å². The molecule has 0 radical (unpaired) electrons. The number of hydrogen-bond donors (Lipinski definition) is 5. The second-order valence-electron chi connectivity index (χ2n) is 6.85. The Bertz CT molecular complexity index is 984. The van der Waals surface area contributed by atoms with E-state index in [4.69, 9.17) is 9.47 Å². The fraction of sp³-hybridized carbons (Fsp3) is 0.300. The van der Waals surface area contributed by atoms with Crippen molar-refractivity contribution in [1.82, 2.24) is 0 Å². The molecule has 9 heteroatoms. The average molecular weight is 402 g/mol. The van der Waals surface area contributed by atoms with Crippen molar-refractivity contribution in [2.75, 3.05) is 6.61 Å². The third-order valence-electron chi connectivity index (χ3n) is 5.10. The maximum absolute atomic E-state index is 13.0. The van der Waals surface area contributed by atoms with Gasteiger partial charge in [0.05, 0.1) is 17.7 Å². The number of aromatic hydroxyl groups is 1. The van der Waals surface area contributed by atoms with E-state index in [0.717, 1.165) is 0 Å². The first kappa shape index (κ1) is 19.5. The van der Waals surface area contributed by atoms with E-state index in [1.54, 1.807) is 0 Å². The van der Waals surface area contributed by atoms with Gasteiger partial charge in [-0.15, -0.1) is 0 Å². The molecule has 2 aromatic carbocycles. The van der Waals surface area contributed by atoms with Crippen LogP contribution in [0.2, 0.25) is 0 Å². The largest absolute Gasteiger partial charge is 0.507 e. The third-order valence-corrected chi connectivity index (χ3v) is 5.10. The lowest BCUT2D eigenvalue weighted by molar-refractivity contribution is -0.277. The molecule has 1 aliphatic heterocycles.